The minimum atomic E-state index is 0.300. The lowest BCUT2D eigenvalue weighted by molar-refractivity contribution is 0.199. The molecule has 4 heteroatoms. The molecule has 1 aromatic rings. The maximum absolute atomic E-state index is 9.23. The highest BCUT2D eigenvalue weighted by Gasteiger charge is 2.26. The molecular formula is C13H21N3O. The van der Waals surface area contributed by atoms with Gasteiger partial charge in [-0.15, -0.1) is 0 Å². The number of aliphatic hydroxyl groups is 1. The van der Waals surface area contributed by atoms with E-state index < -0.39 is 0 Å². The quantitative estimate of drug-likeness (QED) is 0.826. The van der Waals surface area contributed by atoms with E-state index in [1.54, 1.807) is 0 Å². The minimum Gasteiger partial charge on any atom is -0.396 e. The van der Waals surface area contributed by atoms with E-state index in [1.807, 2.05) is 0 Å². The minimum absolute atomic E-state index is 0.300. The Bertz CT molecular complexity index is 401. The summed E-state index contributed by atoms with van der Waals surface area (Å²) in [7, 11) is 2.18. The number of fused-ring (bicyclic) bond motifs is 1. The van der Waals surface area contributed by atoms with Crippen LogP contribution in [-0.4, -0.2) is 46.3 Å². The Hall–Kier alpha value is -0.870. The average molecular weight is 235 g/mol. The number of hydrogen-bond acceptors (Lipinski definition) is 3. The van der Waals surface area contributed by atoms with Crippen molar-refractivity contribution in [2.75, 3.05) is 26.7 Å². The second-order valence-electron chi connectivity index (χ2n) is 5.56. The molecule has 0 radical (unpaired) electrons. The van der Waals surface area contributed by atoms with Gasteiger partial charge in [-0.3, -0.25) is 0 Å². The van der Waals surface area contributed by atoms with Gasteiger partial charge >= 0.3 is 0 Å². The van der Waals surface area contributed by atoms with Crippen LogP contribution in [0, 0.1) is 5.92 Å². The largest absolute Gasteiger partial charge is 0.396 e. The van der Waals surface area contributed by atoms with E-state index in [4.69, 9.17) is 4.98 Å². The van der Waals surface area contributed by atoms with Crippen molar-refractivity contribution in [1.82, 2.24) is 14.5 Å². The number of rotatable bonds is 2. The molecule has 17 heavy (non-hydrogen) atoms. The molecule has 0 amide bonds. The molecule has 3 heterocycles. The molecule has 3 rings (SSSR count). The van der Waals surface area contributed by atoms with E-state index in [0.29, 0.717) is 18.4 Å². The van der Waals surface area contributed by atoms with Gasteiger partial charge in [0, 0.05) is 38.2 Å². The molecule has 2 unspecified atom stereocenters. The molecule has 0 saturated carbocycles. The first kappa shape index (κ1) is 11.2. The average Bonchev–Trinajstić information content (AvgIpc) is 2.93. The van der Waals surface area contributed by atoms with Crippen molar-refractivity contribution in [3.05, 3.63) is 17.7 Å². The number of aryl methyl sites for hydroxylation is 1. The Balaban J connectivity index is 1.78. The van der Waals surface area contributed by atoms with Crippen molar-refractivity contribution >= 4 is 0 Å². The summed E-state index contributed by atoms with van der Waals surface area (Å²) in [6, 6.07) is 0. The maximum atomic E-state index is 9.23. The van der Waals surface area contributed by atoms with Crippen molar-refractivity contribution < 1.29 is 5.11 Å². The summed E-state index contributed by atoms with van der Waals surface area (Å²) in [6.07, 6.45) is 5.51. The monoisotopic (exact) mass is 235 g/mol. The van der Waals surface area contributed by atoms with Crippen LogP contribution in [0.1, 0.15) is 30.3 Å². The summed E-state index contributed by atoms with van der Waals surface area (Å²) in [6.45, 7) is 3.65. The van der Waals surface area contributed by atoms with Crippen LogP contribution >= 0.6 is 0 Å². The fourth-order valence-corrected chi connectivity index (χ4v) is 3.04. The summed E-state index contributed by atoms with van der Waals surface area (Å²) in [5.41, 5.74) is 1.27. The summed E-state index contributed by atoms with van der Waals surface area (Å²) in [4.78, 5) is 7.17. The summed E-state index contributed by atoms with van der Waals surface area (Å²) in [5.74, 6) is 2.22. The Kier molecular flexibility index (Phi) is 2.92. The zero-order valence-electron chi connectivity index (χ0n) is 10.5. The molecule has 1 N–H and O–H groups in total. The lowest BCUT2D eigenvalue weighted by atomic mass is 9.99. The van der Waals surface area contributed by atoms with E-state index in [1.165, 1.54) is 24.5 Å². The van der Waals surface area contributed by atoms with Gasteiger partial charge in [0.25, 0.3) is 0 Å². The highest BCUT2D eigenvalue weighted by atomic mass is 16.3. The van der Waals surface area contributed by atoms with Gasteiger partial charge in [-0.05, 0) is 32.4 Å². The molecule has 4 nitrogen and oxygen atoms in total. The zero-order chi connectivity index (χ0) is 11.8. The van der Waals surface area contributed by atoms with Gasteiger partial charge in [0.2, 0.25) is 0 Å². The fraction of sp³-hybridized carbons (Fsp3) is 0.769. The number of hydrogen-bond donors (Lipinski definition) is 1. The number of likely N-dealkylation sites (N-methyl/N-ethyl adjacent to an activating group) is 1. The lowest BCUT2D eigenvalue weighted by Gasteiger charge is -2.20. The lowest BCUT2D eigenvalue weighted by Crippen LogP contribution is -2.21. The van der Waals surface area contributed by atoms with Gasteiger partial charge < -0.3 is 14.6 Å². The first-order valence-corrected chi connectivity index (χ1v) is 6.61. The number of imidazole rings is 1. The molecule has 2 atom stereocenters. The van der Waals surface area contributed by atoms with E-state index >= 15 is 0 Å². The Morgan fingerprint density at radius 2 is 2.29 bits per heavy atom. The third kappa shape index (κ3) is 2.11. The van der Waals surface area contributed by atoms with Crippen LogP contribution in [0.2, 0.25) is 0 Å². The number of aromatic nitrogens is 2. The molecule has 1 aromatic heterocycles. The molecule has 0 spiro atoms. The van der Waals surface area contributed by atoms with Crippen LogP contribution in [0.15, 0.2) is 6.20 Å². The highest BCUT2D eigenvalue weighted by Crippen LogP contribution is 2.28. The van der Waals surface area contributed by atoms with Crippen LogP contribution in [0.25, 0.3) is 0 Å². The standard InChI is InChI=1S/C13H21N3O/c1-15-4-3-11(7-15)12-8-16-5-2-10(9-17)6-13(16)14-12/h8,10-11,17H,2-7,9H2,1H3. The number of aliphatic hydroxyl groups excluding tert-OH is 1. The van der Waals surface area contributed by atoms with Crippen LogP contribution in [0.4, 0.5) is 0 Å². The molecule has 0 aliphatic carbocycles. The second-order valence-corrected chi connectivity index (χ2v) is 5.56. The molecule has 2 aliphatic heterocycles. The van der Waals surface area contributed by atoms with Crippen LogP contribution < -0.4 is 0 Å². The smallest absolute Gasteiger partial charge is 0.109 e. The van der Waals surface area contributed by atoms with Crippen molar-refractivity contribution in [1.29, 1.82) is 0 Å². The van der Waals surface area contributed by atoms with Gasteiger partial charge in [-0.25, -0.2) is 4.98 Å². The van der Waals surface area contributed by atoms with Crippen molar-refractivity contribution in [3.8, 4) is 0 Å². The summed E-state index contributed by atoms with van der Waals surface area (Å²) in [5, 5.41) is 9.23. The fourth-order valence-electron chi connectivity index (χ4n) is 3.04. The SMILES string of the molecule is CN1CCC(c2cn3c(n2)CC(CO)CC3)C1. The van der Waals surface area contributed by atoms with E-state index in [0.717, 1.165) is 25.9 Å². The number of nitrogens with zero attached hydrogens (tertiary/aromatic N) is 3. The molecular weight excluding hydrogens is 214 g/mol. The van der Waals surface area contributed by atoms with Crippen LogP contribution in [0.5, 0.6) is 0 Å². The second kappa shape index (κ2) is 4.42. The van der Waals surface area contributed by atoms with Crippen molar-refractivity contribution in [2.24, 2.45) is 5.92 Å². The normalized spacial score (nSPS) is 29.5. The first-order valence-electron chi connectivity index (χ1n) is 6.61. The Morgan fingerprint density at radius 1 is 1.41 bits per heavy atom. The highest BCUT2D eigenvalue weighted by molar-refractivity contribution is 5.13. The predicted molar refractivity (Wildman–Crippen MR) is 66.0 cm³/mol. The van der Waals surface area contributed by atoms with Gasteiger partial charge in [-0.2, -0.15) is 0 Å². The van der Waals surface area contributed by atoms with Crippen molar-refractivity contribution in [3.63, 3.8) is 0 Å². The van der Waals surface area contributed by atoms with Gasteiger partial charge in [0.15, 0.2) is 0 Å². The first-order chi connectivity index (χ1) is 8.26. The molecule has 1 saturated heterocycles. The van der Waals surface area contributed by atoms with Crippen LogP contribution in [-0.2, 0) is 13.0 Å². The third-order valence-corrected chi connectivity index (χ3v) is 4.20. The van der Waals surface area contributed by atoms with Gasteiger partial charge in [0.1, 0.15) is 5.82 Å². The summed E-state index contributed by atoms with van der Waals surface area (Å²) >= 11 is 0. The number of likely N-dealkylation sites (tertiary alicyclic amines) is 1. The van der Waals surface area contributed by atoms with Crippen LogP contribution in [0.3, 0.4) is 0 Å². The van der Waals surface area contributed by atoms with E-state index in [9.17, 15) is 5.11 Å². The Morgan fingerprint density at radius 3 is 3.00 bits per heavy atom. The topological polar surface area (TPSA) is 41.3 Å². The molecule has 0 bridgehead atoms. The third-order valence-electron chi connectivity index (χ3n) is 4.20. The Labute approximate surface area is 102 Å². The molecule has 94 valence electrons. The summed E-state index contributed by atoms with van der Waals surface area (Å²) < 4.78 is 2.29. The molecule has 0 aromatic carbocycles. The zero-order valence-corrected chi connectivity index (χ0v) is 10.5. The molecule has 2 aliphatic rings. The molecule has 1 fully saturated rings. The predicted octanol–water partition coefficient (Wildman–Crippen LogP) is 0.857. The van der Waals surface area contributed by atoms with E-state index in [-0.39, 0.29) is 0 Å². The maximum Gasteiger partial charge on any atom is 0.109 e. The van der Waals surface area contributed by atoms with Gasteiger partial charge in [-0.1, -0.05) is 0 Å². The van der Waals surface area contributed by atoms with Crippen molar-refractivity contribution in [2.45, 2.75) is 31.7 Å². The van der Waals surface area contributed by atoms with E-state index in [2.05, 4.69) is 22.7 Å². The van der Waals surface area contributed by atoms with Gasteiger partial charge in [0.05, 0.1) is 5.69 Å².